The molecule has 1 aliphatic carbocycles. The lowest BCUT2D eigenvalue weighted by atomic mass is 9.72. The van der Waals surface area contributed by atoms with E-state index in [2.05, 4.69) is 0 Å². The molecule has 1 unspecified atom stereocenters. The maximum atomic E-state index is 12.4. The van der Waals surface area contributed by atoms with E-state index in [0.29, 0.717) is 0 Å². The fourth-order valence-electron chi connectivity index (χ4n) is 2.35. The third kappa shape index (κ3) is 3.77. The maximum absolute atomic E-state index is 12.4. The van der Waals surface area contributed by atoms with Gasteiger partial charge < -0.3 is 0 Å². The summed E-state index contributed by atoms with van der Waals surface area (Å²) in [5, 5.41) is 0. The Bertz CT molecular complexity index is 587. The van der Waals surface area contributed by atoms with E-state index in [1.807, 2.05) is 6.92 Å². The smallest absolute Gasteiger partial charge is 0.263 e. The number of aryl methyl sites for hydroxylation is 1. The summed E-state index contributed by atoms with van der Waals surface area (Å²) in [4.78, 5) is 0.0200. The highest BCUT2D eigenvalue weighted by Gasteiger charge is 2.49. The molecule has 0 saturated heterocycles. The highest BCUT2D eigenvalue weighted by atomic mass is 32.2. The Morgan fingerprint density at radius 3 is 2.19 bits per heavy atom. The van der Waals surface area contributed by atoms with Crippen LogP contribution < -0.4 is 0 Å². The molecule has 0 N–H and O–H groups in total. The van der Waals surface area contributed by atoms with Crippen LogP contribution in [0.1, 0.15) is 25.3 Å². The SMILES string of the molecule is Cc1ccc(S(=O)(=O)OC(C)C2CC(C(F)(F)F)C2)cc1. The van der Waals surface area contributed by atoms with E-state index in [1.165, 1.54) is 19.1 Å². The molecule has 0 aromatic heterocycles. The Morgan fingerprint density at radius 2 is 1.71 bits per heavy atom. The Balaban J connectivity index is 1.97. The molecule has 0 aliphatic heterocycles. The fourth-order valence-corrected chi connectivity index (χ4v) is 3.49. The molecular formula is C14H17F3O3S. The lowest BCUT2D eigenvalue weighted by molar-refractivity contribution is -0.210. The minimum atomic E-state index is -4.20. The Kier molecular flexibility index (Phi) is 4.35. The summed E-state index contributed by atoms with van der Waals surface area (Å²) < 4.78 is 66.4. The molecule has 0 spiro atoms. The molecule has 1 aliphatic rings. The first-order valence-electron chi connectivity index (χ1n) is 6.66. The van der Waals surface area contributed by atoms with Gasteiger partial charge in [0.1, 0.15) is 0 Å². The second-order valence-corrected chi connectivity index (χ2v) is 7.11. The van der Waals surface area contributed by atoms with Crippen LogP contribution in [0.25, 0.3) is 0 Å². The molecule has 118 valence electrons. The molecule has 1 saturated carbocycles. The van der Waals surface area contributed by atoms with Crippen LogP contribution in [-0.2, 0) is 14.3 Å². The van der Waals surface area contributed by atoms with Crippen molar-refractivity contribution in [2.75, 3.05) is 0 Å². The molecule has 0 radical (unpaired) electrons. The summed E-state index contributed by atoms with van der Waals surface area (Å²) in [5.74, 6) is -1.72. The average molecular weight is 322 g/mol. The second kappa shape index (κ2) is 5.61. The topological polar surface area (TPSA) is 43.4 Å². The van der Waals surface area contributed by atoms with E-state index in [4.69, 9.17) is 4.18 Å². The predicted octanol–water partition coefficient (Wildman–Crippen LogP) is 3.68. The van der Waals surface area contributed by atoms with Crippen molar-refractivity contribution < 1.29 is 25.8 Å². The minimum absolute atomic E-state index is 0.0200. The van der Waals surface area contributed by atoms with Gasteiger partial charge in [0.05, 0.1) is 16.9 Å². The Morgan fingerprint density at radius 1 is 1.19 bits per heavy atom. The molecule has 21 heavy (non-hydrogen) atoms. The highest BCUT2D eigenvalue weighted by molar-refractivity contribution is 7.86. The first-order valence-corrected chi connectivity index (χ1v) is 8.07. The summed E-state index contributed by atoms with van der Waals surface area (Å²) >= 11 is 0. The van der Waals surface area contributed by atoms with Crippen LogP contribution in [0, 0.1) is 18.8 Å². The second-order valence-electron chi connectivity index (χ2n) is 5.54. The van der Waals surface area contributed by atoms with Gasteiger partial charge in [-0.25, -0.2) is 0 Å². The normalized spacial score (nSPS) is 24.4. The zero-order valence-corrected chi connectivity index (χ0v) is 12.5. The number of rotatable bonds is 4. The van der Waals surface area contributed by atoms with Gasteiger partial charge in [-0.3, -0.25) is 4.18 Å². The van der Waals surface area contributed by atoms with Crippen molar-refractivity contribution in [3.05, 3.63) is 29.8 Å². The van der Waals surface area contributed by atoms with Gasteiger partial charge in [0.15, 0.2) is 0 Å². The van der Waals surface area contributed by atoms with Crippen molar-refractivity contribution in [2.24, 2.45) is 11.8 Å². The molecule has 1 atom stereocenters. The molecule has 3 nitrogen and oxygen atoms in total. The lowest BCUT2D eigenvalue weighted by Gasteiger charge is -2.39. The molecule has 1 aromatic carbocycles. The lowest BCUT2D eigenvalue weighted by Crippen LogP contribution is -2.41. The van der Waals surface area contributed by atoms with Crippen molar-refractivity contribution in [3.63, 3.8) is 0 Å². The monoisotopic (exact) mass is 322 g/mol. The molecule has 2 rings (SSSR count). The summed E-state index contributed by atoms with van der Waals surface area (Å²) in [7, 11) is -3.93. The van der Waals surface area contributed by atoms with Crippen molar-refractivity contribution in [1.82, 2.24) is 0 Å². The number of benzene rings is 1. The van der Waals surface area contributed by atoms with Crippen molar-refractivity contribution >= 4 is 10.1 Å². The van der Waals surface area contributed by atoms with Crippen LogP contribution >= 0.6 is 0 Å². The summed E-state index contributed by atoms with van der Waals surface area (Å²) in [5.41, 5.74) is 0.911. The van der Waals surface area contributed by atoms with Gasteiger partial charge in [-0.2, -0.15) is 21.6 Å². The molecule has 0 amide bonds. The van der Waals surface area contributed by atoms with E-state index >= 15 is 0 Å². The van der Waals surface area contributed by atoms with Crippen LogP contribution in [0.2, 0.25) is 0 Å². The number of alkyl halides is 3. The zero-order chi connectivity index (χ0) is 15.8. The number of hydrogen-bond acceptors (Lipinski definition) is 3. The van der Waals surface area contributed by atoms with E-state index in [9.17, 15) is 21.6 Å². The minimum Gasteiger partial charge on any atom is -0.263 e. The van der Waals surface area contributed by atoms with Crippen LogP contribution in [0.3, 0.4) is 0 Å². The summed E-state index contributed by atoms with van der Waals surface area (Å²) in [6, 6.07) is 6.14. The van der Waals surface area contributed by atoms with E-state index in [1.54, 1.807) is 12.1 Å². The van der Waals surface area contributed by atoms with Gasteiger partial charge in [0.25, 0.3) is 10.1 Å². The fraction of sp³-hybridized carbons (Fsp3) is 0.571. The van der Waals surface area contributed by atoms with E-state index in [0.717, 1.165) is 5.56 Å². The zero-order valence-electron chi connectivity index (χ0n) is 11.7. The third-order valence-corrected chi connectivity index (χ3v) is 5.30. The van der Waals surface area contributed by atoms with Gasteiger partial charge in [0.2, 0.25) is 0 Å². The van der Waals surface area contributed by atoms with Crippen molar-refractivity contribution in [2.45, 2.75) is 43.9 Å². The quantitative estimate of drug-likeness (QED) is 0.794. The van der Waals surface area contributed by atoms with Crippen LogP contribution in [0.4, 0.5) is 13.2 Å². The van der Waals surface area contributed by atoms with E-state index in [-0.39, 0.29) is 23.7 Å². The highest BCUT2D eigenvalue weighted by Crippen LogP contribution is 2.46. The Labute approximate surface area is 122 Å². The van der Waals surface area contributed by atoms with E-state index < -0.39 is 28.3 Å². The standard InChI is InChI=1S/C14H17F3O3S/c1-9-3-5-13(6-4-9)21(18,19)20-10(2)11-7-12(8-11)14(15,16)17/h3-6,10-12H,7-8H2,1-2H3. The van der Waals surface area contributed by atoms with Gasteiger partial charge in [0, 0.05) is 0 Å². The maximum Gasteiger partial charge on any atom is 0.391 e. The van der Waals surface area contributed by atoms with Gasteiger partial charge in [-0.05, 0) is 44.7 Å². The summed E-state index contributed by atoms with van der Waals surface area (Å²) in [6.07, 6.45) is -5.11. The molecular weight excluding hydrogens is 305 g/mol. The molecule has 1 fully saturated rings. The predicted molar refractivity (Wildman–Crippen MR) is 71.2 cm³/mol. The van der Waals surface area contributed by atoms with Gasteiger partial charge in [-0.15, -0.1) is 0 Å². The van der Waals surface area contributed by atoms with Crippen LogP contribution in [0.5, 0.6) is 0 Å². The first kappa shape index (κ1) is 16.3. The molecule has 7 heteroatoms. The van der Waals surface area contributed by atoms with Gasteiger partial charge >= 0.3 is 6.18 Å². The number of hydrogen-bond donors (Lipinski definition) is 0. The Hall–Kier alpha value is -1.08. The van der Waals surface area contributed by atoms with Gasteiger partial charge in [-0.1, -0.05) is 17.7 Å². The third-order valence-electron chi connectivity index (χ3n) is 3.89. The van der Waals surface area contributed by atoms with Crippen LogP contribution in [0.15, 0.2) is 29.2 Å². The molecule has 0 bridgehead atoms. The van der Waals surface area contributed by atoms with Crippen molar-refractivity contribution in [1.29, 1.82) is 0 Å². The number of halogens is 3. The molecule has 1 aromatic rings. The molecule has 0 heterocycles. The first-order chi connectivity index (χ1) is 9.59. The summed E-state index contributed by atoms with van der Waals surface area (Å²) in [6.45, 7) is 3.33. The largest absolute Gasteiger partial charge is 0.391 e. The average Bonchev–Trinajstić information content (AvgIpc) is 2.24. The van der Waals surface area contributed by atoms with Crippen molar-refractivity contribution in [3.8, 4) is 0 Å². The van der Waals surface area contributed by atoms with Crippen LogP contribution in [-0.4, -0.2) is 20.7 Å².